The molecule has 4 nitrogen and oxygen atoms in total. The van der Waals surface area contributed by atoms with Crippen LogP contribution in [0.2, 0.25) is 0 Å². The summed E-state index contributed by atoms with van der Waals surface area (Å²) in [4.78, 5) is 25.3. The second-order valence-electron chi connectivity index (χ2n) is 6.11. The molecule has 0 unspecified atom stereocenters. The van der Waals surface area contributed by atoms with Crippen molar-refractivity contribution >= 4 is 28.8 Å². The molecule has 126 valence electrons. The van der Waals surface area contributed by atoms with Crippen LogP contribution in [-0.4, -0.2) is 18.4 Å². The second kappa shape index (κ2) is 7.13. The first kappa shape index (κ1) is 16.6. The average molecular weight is 346 g/mol. The first-order valence-electron chi connectivity index (χ1n) is 7.98. The van der Waals surface area contributed by atoms with Crippen LogP contribution in [0.5, 0.6) is 0 Å². The SMILES string of the molecule is O=C(NCC1(c2cccs2)CCCC1)C(=O)Nc1ccc(F)cc1. The van der Waals surface area contributed by atoms with Crippen LogP contribution in [0, 0.1) is 5.82 Å². The van der Waals surface area contributed by atoms with Crippen molar-refractivity contribution in [1.82, 2.24) is 5.32 Å². The molecule has 0 bridgehead atoms. The van der Waals surface area contributed by atoms with E-state index in [-0.39, 0.29) is 5.41 Å². The summed E-state index contributed by atoms with van der Waals surface area (Å²) in [5.74, 6) is -1.79. The van der Waals surface area contributed by atoms with Crippen LogP contribution in [0.25, 0.3) is 0 Å². The summed E-state index contributed by atoms with van der Waals surface area (Å²) in [5, 5.41) is 7.28. The predicted molar refractivity (Wildman–Crippen MR) is 92.5 cm³/mol. The maximum atomic E-state index is 12.9. The third kappa shape index (κ3) is 3.64. The molecule has 2 aromatic rings. The molecule has 24 heavy (non-hydrogen) atoms. The van der Waals surface area contributed by atoms with Gasteiger partial charge in [-0.05, 0) is 48.6 Å². The van der Waals surface area contributed by atoms with Crippen molar-refractivity contribution in [3.63, 3.8) is 0 Å². The zero-order valence-electron chi connectivity index (χ0n) is 13.2. The third-order valence-corrected chi connectivity index (χ3v) is 5.62. The number of carbonyl (C=O) groups excluding carboxylic acids is 2. The lowest BCUT2D eigenvalue weighted by molar-refractivity contribution is -0.136. The fraction of sp³-hybridized carbons (Fsp3) is 0.333. The quantitative estimate of drug-likeness (QED) is 0.833. The number of nitrogens with one attached hydrogen (secondary N) is 2. The van der Waals surface area contributed by atoms with Crippen molar-refractivity contribution in [2.75, 3.05) is 11.9 Å². The lowest BCUT2D eigenvalue weighted by Gasteiger charge is -2.28. The van der Waals surface area contributed by atoms with Crippen LogP contribution in [0.15, 0.2) is 41.8 Å². The van der Waals surface area contributed by atoms with Crippen LogP contribution >= 0.6 is 11.3 Å². The van der Waals surface area contributed by atoms with Crippen LogP contribution in [0.3, 0.4) is 0 Å². The maximum absolute atomic E-state index is 12.9. The molecular formula is C18H19FN2O2S. The fourth-order valence-electron chi connectivity index (χ4n) is 3.19. The Morgan fingerprint density at radius 3 is 2.42 bits per heavy atom. The maximum Gasteiger partial charge on any atom is 0.313 e. The molecule has 3 rings (SSSR count). The van der Waals surface area contributed by atoms with Crippen molar-refractivity contribution in [2.45, 2.75) is 31.1 Å². The molecule has 6 heteroatoms. The molecule has 1 aromatic heterocycles. The van der Waals surface area contributed by atoms with E-state index in [9.17, 15) is 14.0 Å². The van der Waals surface area contributed by atoms with Crippen LogP contribution < -0.4 is 10.6 Å². The van der Waals surface area contributed by atoms with Gasteiger partial charge in [0.2, 0.25) is 0 Å². The zero-order valence-corrected chi connectivity index (χ0v) is 14.0. The molecule has 0 aliphatic heterocycles. The Balaban J connectivity index is 1.59. The highest BCUT2D eigenvalue weighted by Gasteiger charge is 2.37. The van der Waals surface area contributed by atoms with Crippen molar-refractivity contribution in [1.29, 1.82) is 0 Å². The van der Waals surface area contributed by atoms with E-state index in [1.165, 1.54) is 29.1 Å². The van der Waals surface area contributed by atoms with Crippen LogP contribution in [-0.2, 0) is 15.0 Å². The fourth-order valence-corrected chi connectivity index (χ4v) is 4.18. The summed E-state index contributed by atoms with van der Waals surface area (Å²) in [6.45, 7) is 0.461. The number of halogens is 1. The van der Waals surface area contributed by atoms with Crippen LogP contribution in [0.4, 0.5) is 10.1 Å². The number of benzene rings is 1. The first-order chi connectivity index (χ1) is 11.6. The lowest BCUT2D eigenvalue weighted by atomic mass is 9.84. The molecule has 1 aliphatic rings. The molecule has 0 atom stereocenters. The number of rotatable bonds is 4. The van der Waals surface area contributed by atoms with E-state index in [1.54, 1.807) is 11.3 Å². The number of thiophene rings is 1. The van der Waals surface area contributed by atoms with Gasteiger partial charge in [0.15, 0.2) is 0 Å². The highest BCUT2D eigenvalue weighted by molar-refractivity contribution is 7.10. The highest BCUT2D eigenvalue weighted by atomic mass is 32.1. The van der Waals surface area contributed by atoms with Gasteiger partial charge in [-0.1, -0.05) is 18.9 Å². The monoisotopic (exact) mass is 346 g/mol. The Bertz CT molecular complexity index is 707. The predicted octanol–water partition coefficient (Wildman–Crippen LogP) is 3.45. The molecule has 1 fully saturated rings. The smallest absolute Gasteiger partial charge is 0.313 e. The third-order valence-electron chi connectivity index (χ3n) is 4.50. The number of amides is 2. The minimum absolute atomic E-state index is 0.0556. The van der Waals surface area contributed by atoms with Gasteiger partial charge < -0.3 is 10.6 Å². The highest BCUT2D eigenvalue weighted by Crippen LogP contribution is 2.42. The van der Waals surface area contributed by atoms with Gasteiger partial charge in [-0.15, -0.1) is 11.3 Å². The molecule has 2 amide bonds. The largest absolute Gasteiger partial charge is 0.347 e. The Morgan fingerprint density at radius 2 is 1.79 bits per heavy atom. The van der Waals surface area contributed by atoms with E-state index in [0.717, 1.165) is 25.7 Å². The molecule has 1 heterocycles. The summed E-state index contributed by atoms with van der Waals surface area (Å²) < 4.78 is 12.9. The average Bonchev–Trinajstić information content (AvgIpc) is 3.26. The van der Waals surface area contributed by atoms with Crippen molar-refractivity contribution in [3.8, 4) is 0 Å². The molecule has 2 N–H and O–H groups in total. The van der Waals surface area contributed by atoms with Gasteiger partial charge in [-0.25, -0.2) is 4.39 Å². The summed E-state index contributed by atoms with van der Waals surface area (Å²) >= 11 is 1.70. The summed E-state index contributed by atoms with van der Waals surface area (Å²) in [5.41, 5.74) is 0.338. The molecule has 1 aliphatic carbocycles. The number of carbonyl (C=O) groups is 2. The second-order valence-corrected chi connectivity index (χ2v) is 7.06. The van der Waals surface area contributed by atoms with E-state index in [2.05, 4.69) is 16.7 Å². The first-order valence-corrected chi connectivity index (χ1v) is 8.86. The number of hydrogen-bond donors (Lipinski definition) is 2. The van der Waals surface area contributed by atoms with E-state index >= 15 is 0 Å². The van der Waals surface area contributed by atoms with Gasteiger partial charge in [0, 0.05) is 22.5 Å². The van der Waals surface area contributed by atoms with Gasteiger partial charge in [0.25, 0.3) is 0 Å². The van der Waals surface area contributed by atoms with E-state index in [4.69, 9.17) is 0 Å². The normalized spacial score (nSPS) is 15.9. The molecule has 1 aromatic carbocycles. The Morgan fingerprint density at radius 1 is 1.08 bits per heavy atom. The van der Waals surface area contributed by atoms with Crippen molar-refractivity contribution in [2.24, 2.45) is 0 Å². The van der Waals surface area contributed by atoms with Gasteiger partial charge >= 0.3 is 11.8 Å². The molecule has 1 saturated carbocycles. The molecule has 0 radical (unpaired) electrons. The lowest BCUT2D eigenvalue weighted by Crippen LogP contribution is -2.43. The molecular weight excluding hydrogens is 327 g/mol. The number of hydrogen-bond acceptors (Lipinski definition) is 3. The Labute approximate surface area is 144 Å². The van der Waals surface area contributed by atoms with Gasteiger partial charge in [-0.3, -0.25) is 9.59 Å². The minimum Gasteiger partial charge on any atom is -0.347 e. The van der Waals surface area contributed by atoms with E-state index in [1.807, 2.05) is 11.4 Å². The standard InChI is InChI=1S/C18H19FN2O2S/c19-13-5-7-14(8-6-13)21-17(23)16(22)20-12-18(9-1-2-10-18)15-4-3-11-24-15/h3-8,11H,1-2,9-10,12H2,(H,20,22)(H,21,23). The van der Waals surface area contributed by atoms with Crippen molar-refractivity contribution in [3.05, 3.63) is 52.5 Å². The minimum atomic E-state index is -0.735. The topological polar surface area (TPSA) is 58.2 Å². The molecule has 0 spiro atoms. The van der Waals surface area contributed by atoms with Gasteiger partial charge in [0.1, 0.15) is 5.82 Å². The van der Waals surface area contributed by atoms with E-state index < -0.39 is 17.6 Å². The van der Waals surface area contributed by atoms with Crippen molar-refractivity contribution < 1.29 is 14.0 Å². The van der Waals surface area contributed by atoms with Gasteiger partial charge in [0.05, 0.1) is 0 Å². The molecule has 0 saturated heterocycles. The Hall–Kier alpha value is -2.21. The number of anilines is 1. The summed E-state index contributed by atoms with van der Waals surface area (Å²) in [6.07, 6.45) is 4.31. The van der Waals surface area contributed by atoms with E-state index in [0.29, 0.717) is 12.2 Å². The summed E-state index contributed by atoms with van der Waals surface area (Å²) in [7, 11) is 0. The van der Waals surface area contributed by atoms with Gasteiger partial charge in [-0.2, -0.15) is 0 Å². The zero-order chi connectivity index (χ0) is 17.0. The summed E-state index contributed by atoms with van der Waals surface area (Å²) in [6, 6.07) is 9.43. The van der Waals surface area contributed by atoms with Crippen LogP contribution in [0.1, 0.15) is 30.6 Å². The Kier molecular flexibility index (Phi) is 4.94.